The van der Waals surface area contributed by atoms with Crippen molar-refractivity contribution in [1.29, 1.82) is 0 Å². The summed E-state index contributed by atoms with van der Waals surface area (Å²) in [5, 5.41) is 3.09. The van der Waals surface area contributed by atoms with Gasteiger partial charge in [-0.15, -0.1) is 0 Å². The highest BCUT2D eigenvalue weighted by Gasteiger charge is 2.24. The summed E-state index contributed by atoms with van der Waals surface area (Å²) in [5.74, 6) is -0.149. The molecule has 1 atom stereocenters. The number of carbonyl (C=O) groups excluding carboxylic acids is 1. The van der Waals surface area contributed by atoms with E-state index < -0.39 is 10.0 Å². The highest BCUT2D eigenvalue weighted by Crippen LogP contribution is 2.18. The zero-order chi connectivity index (χ0) is 21.7. The topological polar surface area (TPSA) is 78.5 Å². The number of amides is 1. The Bertz CT molecular complexity index is 1120. The Balaban J connectivity index is 1.32. The van der Waals surface area contributed by atoms with Gasteiger partial charge in [0.2, 0.25) is 0 Å². The number of sulfonamides is 1. The number of hydrogen-bond donors (Lipinski definition) is 2. The minimum absolute atomic E-state index is 0.104. The van der Waals surface area contributed by atoms with Crippen molar-refractivity contribution in [2.75, 3.05) is 17.8 Å². The Hall–Kier alpha value is -3.16. The van der Waals surface area contributed by atoms with Crippen molar-refractivity contribution in [2.24, 2.45) is 0 Å². The third-order valence-electron chi connectivity index (χ3n) is 5.31. The summed E-state index contributed by atoms with van der Waals surface area (Å²) < 4.78 is 27.4. The lowest BCUT2D eigenvalue weighted by molar-refractivity contribution is 0.0937. The SMILES string of the molecule is O=C(N[C@@H]1CCN(Cc2ccccc2)C1)c1ccc(NS(=O)(=O)c2ccccc2)cc1. The number of benzene rings is 3. The predicted molar refractivity (Wildman–Crippen MR) is 121 cm³/mol. The molecule has 2 N–H and O–H groups in total. The smallest absolute Gasteiger partial charge is 0.261 e. The molecule has 1 saturated heterocycles. The van der Waals surface area contributed by atoms with E-state index in [1.807, 2.05) is 18.2 Å². The van der Waals surface area contributed by atoms with Crippen molar-refractivity contribution < 1.29 is 13.2 Å². The molecule has 1 fully saturated rings. The van der Waals surface area contributed by atoms with Crippen LogP contribution in [-0.4, -0.2) is 38.4 Å². The van der Waals surface area contributed by atoms with E-state index in [-0.39, 0.29) is 16.8 Å². The van der Waals surface area contributed by atoms with Crippen molar-refractivity contribution >= 4 is 21.6 Å². The standard InChI is InChI=1S/C24H25N3O3S/c28-24(25-22-15-16-27(18-22)17-19-7-3-1-4-8-19)20-11-13-21(14-12-20)26-31(29,30)23-9-5-2-6-10-23/h1-14,22,26H,15-18H2,(H,25,28)/t22-/m1/s1. The van der Waals surface area contributed by atoms with Gasteiger partial charge in [-0.2, -0.15) is 0 Å². The van der Waals surface area contributed by atoms with Crippen molar-refractivity contribution in [3.8, 4) is 0 Å². The highest BCUT2D eigenvalue weighted by molar-refractivity contribution is 7.92. The van der Waals surface area contributed by atoms with Gasteiger partial charge in [0, 0.05) is 36.9 Å². The lowest BCUT2D eigenvalue weighted by atomic mass is 10.1. The molecule has 7 heteroatoms. The summed E-state index contributed by atoms with van der Waals surface area (Å²) in [7, 11) is -3.65. The number of carbonyl (C=O) groups is 1. The van der Waals surface area contributed by atoms with Crippen LogP contribution in [-0.2, 0) is 16.6 Å². The molecule has 0 unspecified atom stereocenters. The molecule has 0 bridgehead atoms. The third kappa shape index (κ3) is 5.51. The number of nitrogens with one attached hydrogen (secondary N) is 2. The van der Waals surface area contributed by atoms with Gasteiger partial charge in [-0.25, -0.2) is 8.42 Å². The van der Waals surface area contributed by atoms with Crippen LogP contribution in [0.1, 0.15) is 22.3 Å². The second-order valence-corrected chi connectivity index (χ2v) is 9.36. The van der Waals surface area contributed by atoms with Crippen LogP contribution >= 0.6 is 0 Å². The summed E-state index contributed by atoms with van der Waals surface area (Å²) in [6, 6.07) is 25.1. The Morgan fingerprint density at radius 2 is 1.55 bits per heavy atom. The molecule has 1 amide bonds. The molecule has 4 rings (SSSR count). The molecule has 0 radical (unpaired) electrons. The van der Waals surface area contributed by atoms with Crippen LogP contribution in [0.15, 0.2) is 89.8 Å². The number of likely N-dealkylation sites (tertiary alicyclic amines) is 1. The highest BCUT2D eigenvalue weighted by atomic mass is 32.2. The molecule has 6 nitrogen and oxygen atoms in total. The van der Waals surface area contributed by atoms with Gasteiger partial charge < -0.3 is 5.32 Å². The molecule has 1 aliphatic rings. The van der Waals surface area contributed by atoms with Crippen LogP contribution in [0.25, 0.3) is 0 Å². The summed E-state index contributed by atoms with van der Waals surface area (Å²) in [6.45, 7) is 2.64. The van der Waals surface area contributed by atoms with Gasteiger partial charge in [0.25, 0.3) is 15.9 Å². The van der Waals surface area contributed by atoms with E-state index in [1.165, 1.54) is 17.7 Å². The van der Waals surface area contributed by atoms with Gasteiger partial charge >= 0.3 is 0 Å². The van der Waals surface area contributed by atoms with Crippen LogP contribution in [0.2, 0.25) is 0 Å². The van der Waals surface area contributed by atoms with Gasteiger partial charge in [-0.1, -0.05) is 48.5 Å². The minimum Gasteiger partial charge on any atom is -0.348 e. The van der Waals surface area contributed by atoms with E-state index in [0.717, 1.165) is 26.1 Å². The molecule has 160 valence electrons. The summed E-state index contributed by atoms with van der Waals surface area (Å²) >= 11 is 0. The first-order valence-electron chi connectivity index (χ1n) is 10.2. The monoisotopic (exact) mass is 435 g/mol. The molecule has 1 aliphatic heterocycles. The zero-order valence-corrected chi connectivity index (χ0v) is 17.9. The number of rotatable bonds is 7. The van der Waals surface area contributed by atoms with Crippen molar-refractivity contribution in [3.63, 3.8) is 0 Å². The lowest BCUT2D eigenvalue weighted by Crippen LogP contribution is -2.36. The Labute approximate surface area is 183 Å². The fraction of sp³-hybridized carbons (Fsp3) is 0.208. The zero-order valence-electron chi connectivity index (χ0n) is 17.1. The maximum absolute atomic E-state index is 12.6. The molecule has 3 aromatic carbocycles. The van der Waals surface area contributed by atoms with E-state index in [1.54, 1.807) is 42.5 Å². The van der Waals surface area contributed by atoms with Crippen LogP contribution in [0.3, 0.4) is 0 Å². The van der Waals surface area contributed by atoms with E-state index in [4.69, 9.17) is 0 Å². The maximum Gasteiger partial charge on any atom is 0.261 e. The maximum atomic E-state index is 12.6. The summed E-state index contributed by atoms with van der Waals surface area (Å²) in [5.41, 5.74) is 2.18. The molecule has 0 spiro atoms. The normalized spacial score (nSPS) is 16.7. The van der Waals surface area contributed by atoms with Crippen LogP contribution in [0, 0.1) is 0 Å². The van der Waals surface area contributed by atoms with Crippen LogP contribution < -0.4 is 10.0 Å². The van der Waals surface area contributed by atoms with Crippen molar-refractivity contribution in [1.82, 2.24) is 10.2 Å². The van der Waals surface area contributed by atoms with E-state index >= 15 is 0 Å². The first kappa shape index (κ1) is 21.1. The predicted octanol–water partition coefficient (Wildman–Crippen LogP) is 3.49. The summed E-state index contributed by atoms with van der Waals surface area (Å²) in [4.78, 5) is 15.1. The first-order chi connectivity index (χ1) is 15.0. The van der Waals surface area contributed by atoms with Gasteiger partial charge in [0.1, 0.15) is 0 Å². The lowest BCUT2D eigenvalue weighted by Gasteiger charge is -2.17. The molecule has 0 aliphatic carbocycles. The number of nitrogens with zero attached hydrogens (tertiary/aromatic N) is 1. The number of anilines is 1. The minimum atomic E-state index is -3.65. The van der Waals surface area contributed by atoms with Gasteiger partial charge in [-0.05, 0) is 48.4 Å². The fourth-order valence-corrected chi connectivity index (χ4v) is 4.79. The quantitative estimate of drug-likeness (QED) is 0.596. The molecule has 1 heterocycles. The molecule has 31 heavy (non-hydrogen) atoms. The van der Waals surface area contributed by atoms with Gasteiger partial charge in [0.05, 0.1) is 4.90 Å². The third-order valence-corrected chi connectivity index (χ3v) is 6.71. The first-order valence-corrected chi connectivity index (χ1v) is 11.7. The molecule has 0 saturated carbocycles. The number of hydrogen-bond acceptors (Lipinski definition) is 4. The molecular formula is C24H25N3O3S. The van der Waals surface area contributed by atoms with Gasteiger partial charge in [0.15, 0.2) is 0 Å². The summed E-state index contributed by atoms with van der Waals surface area (Å²) in [6.07, 6.45) is 0.910. The van der Waals surface area contributed by atoms with E-state index in [0.29, 0.717) is 11.3 Å². The average Bonchev–Trinajstić information content (AvgIpc) is 3.22. The fourth-order valence-electron chi connectivity index (χ4n) is 3.71. The van der Waals surface area contributed by atoms with Crippen LogP contribution in [0.4, 0.5) is 5.69 Å². The Morgan fingerprint density at radius 1 is 0.903 bits per heavy atom. The average molecular weight is 436 g/mol. The molecule has 3 aromatic rings. The Kier molecular flexibility index (Phi) is 6.34. The van der Waals surface area contributed by atoms with Crippen LogP contribution in [0.5, 0.6) is 0 Å². The largest absolute Gasteiger partial charge is 0.348 e. The van der Waals surface area contributed by atoms with E-state index in [9.17, 15) is 13.2 Å². The van der Waals surface area contributed by atoms with Crippen molar-refractivity contribution in [3.05, 3.63) is 96.1 Å². The Morgan fingerprint density at radius 3 is 2.23 bits per heavy atom. The second kappa shape index (κ2) is 9.32. The molecular weight excluding hydrogens is 410 g/mol. The van der Waals surface area contributed by atoms with Gasteiger partial charge in [-0.3, -0.25) is 14.4 Å². The second-order valence-electron chi connectivity index (χ2n) is 7.68. The molecule has 0 aromatic heterocycles. The van der Waals surface area contributed by atoms with Crippen molar-refractivity contribution in [2.45, 2.75) is 23.9 Å². The van der Waals surface area contributed by atoms with E-state index in [2.05, 4.69) is 27.1 Å².